The average molecular weight is 181 g/mol. The van der Waals surface area contributed by atoms with Crippen molar-refractivity contribution in [3.8, 4) is 0 Å². The first-order valence-corrected chi connectivity index (χ1v) is 2.95. The monoisotopic (exact) mass is 181 g/mol. The van der Waals surface area contributed by atoms with Gasteiger partial charge in [0.25, 0.3) is 0 Å². The maximum absolute atomic E-state index is 12.3. The van der Waals surface area contributed by atoms with E-state index in [1.807, 2.05) is 0 Å². The predicted octanol–water partition coefficient (Wildman–Crippen LogP) is 2.80. The number of rotatable bonds is 0. The molecule has 0 saturated carbocycles. The molecule has 0 spiro atoms. The van der Waals surface area contributed by atoms with Crippen molar-refractivity contribution in [2.45, 2.75) is 4.90 Å². The zero-order valence-electron chi connectivity index (χ0n) is 5.00. The Kier molecular flexibility index (Phi) is 1.99. The van der Waals surface area contributed by atoms with Crippen LogP contribution in [0, 0.1) is 23.3 Å². The van der Waals surface area contributed by atoms with Gasteiger partial charge in [-0.1, -0.05) is 12.6 Å². The lowest BCUT2D eigenvalue weighted by Crippen LogP contribution is -1.95. The van der Waals surface area contributed by atoms with Crippen molar-refractivity contribution in [1.29, 1.82) is 0 Å². The highest BCUT2D eigenvalue weighted by Gasteiger charge is 2.16. The molecule has 0 unspecified atom stereocenters. The van der Waals surface area contributed by atoms with Gasteiger partial charge in [0.05, 0.1) is 4.90 Å². The summed E-state index contributed by atoms with van der Waals surface area (Å²) in [6, 6.07) is 0.420. The summed E-state index contributed by atoms with van der Waals surface area (Å²) in [5, 5.41) is 0. The molecule has 11 heavy (non-hydrogen) atoms. The third-order valence-corrected chi connectivity index (χ3v) is 1.37. The minimum Gasteiger partial charge on any atom is -0.204 e. The van der Waals surface area contributed by atoms with Crippen molar-refractivity contribution in [3.63, 3.8) is 0 Å². The van der Waals surface area contributed by atoms with Crippen LogP contribution in [0.2, 0.25) is 0 Å². The SMILES string of the molecule is Fc1cc([S])c(F)c(F)c1F. The maximum atomic E-state index is 12.3. The third-order valence-electron chi connectivity index (χ3n) is 1.07. The van der Waals surface area contributed by atoms with Crippen molar-refractivity contribution >= 4 is 12.6 Å². The van der Waals surface area contributed by atoms with E-state index in [9.17, 15) is 17.6 Å². The fourth-order valence-electron chi connectivity index (χ4n) is 0.551. The Morgan fingerprint density at radius 3 is 2.00 bits per heavy atom. The lowest BCUT2D eigenvalue weighted by molar-refractivity contribution is 0.399. The lowest BCUT2D eigenvalue weighted by atomic mass is 10.3. The van der Waals surface area contributed by atoms with Gasteiger partial charge in [-0.15, -0.1) is 0 Å². The molecule has 0 saturated heterocycles. The molecule has 1 radical (unpaired) electrons. The molecule has 0 atom stereocenters. The van der Waals surface area contributed by atoms with Crippen LogP contribution in [0.1, 0.15) is 0 Å². The topological polar surface area (TPSA) is 0 Å². The van der Waals surface area contributed by atoms with Crippen molar-refractivity contribution in [1.82, 2.24) is 0 Å². The first-order chi connectivity index (χ1) is 5.04. The minimum atomic E-state index is -1.87. The molecule has 5 heteroatoms. The summed E-state index contributed by atoms with van der Waals surface area (Å²) in [6.45, 7) is 0. The van der Waals surface area contributed by atoms with Gasteiger partial charge >= 0.3 is 0 Å². The van der Waals surface area contributed by atoms with E-state index in [4.69, 9.17) is 0 Å². The van der Waals surface area contributed by atoms with E-state index in [0.29, 0.717) is 6.07 Å². The first-order valence-electron chi connectivity index (χ1n) is 2.54. The molecule has 0 fully saturated rings. The second-order valence-corrected chi connectivity index (χ2v) is 2.24. The molecule has 0 aliphatic heterocycles. The minimum absolute atomic E-state index is 0.420. The second kappa shape index (κ2) is 2.65. The van der Waals surface area contributed by atoms with Gasteiger partial charge in [-0.3, -0.25) is 0 Å². The van der Waals surface area contributed by atoms with E-state index in [-0.39, 0.29) is 0 Å². The molecule has 0 bridgehead atoms. The molecular weight excluding hydrogens is 180 g/mol. The zero-order valence-corrected chi connectivity index (χ0v) is 5.81. The van der Waals surface area contributed by atoms with Crippen LogP contribution in [0.4, 0.5) is 17.6 Å². The Balaban J connectivity index is 3.46. The molecule has 0 aliphatic carbocycles. The highest BCUT2D eigenvalue weighted by molar-refractivity contribution is 7.80. The number of hydrogen-bond acceptors (Lipinski definition) is 0. The quantitative estimate of drug-likeness (QED) is 0.328. The molecular formula is C6HF4S. The summed E-state index contributed by atoms with van der Waals surface area (Å²) in [5.74, 6) is -6.71. The van der Waals surface area contributed by atoms with E-state index >= 15 is 0 Å². The van der Waals surface area contributed by atoms with E-state index in [1.54, 1.807) is 0 Å². The van der Waals surface area contributed by atoms with Crippen LogP contribution in [0.5, 0.6) is 0 Å². The van der Waals surface area contributed by atoms with E-state index in [2.05, 4.69) is 12.6 Å². The number of halogens is 4. The number of hydrogen-bond donors (Lipinski definition) is 0. The molecule has 0 amide bonds. The van der Waals surface area contributed by atoms with Crippen LogP contribution in [-0.4, -0.2) is 0 Å². The smallest absolute Gasteiger partial charge is 0.198 e. The Hall–Kier alpha value is -0.840. The summed E-state index contributed by atoms with van der Waals surface area (Å²) in [6.07, 6.45) is 0. The molecule has 0 N–H and O–H groups in total. The Morgan fingerprint density at radius 1 is 0.909 bits per heavy atom. The maximum Gasteiger partial charge on any atom is 0.198 e. The largest absolute Gasteiger partial charge is 0.204 e. The third kappa shape index (κ3) is 1.28. The van der Waals surface area contributed by atoms with E-state index in [0.717, 1.165) is 0 Å². The normalized spacial score (nSPS) is 10.2. The van der Waals surface area contributed by atoms with Gasteiger partial charge < -0.3 is 0 Å². The standard InChI is InChI=1S/C6HF4S/c7-2-1-3(11)5(9)6(10)4(2)8/h1H. The fraction of sp³-hybridized carbons (Fsp3) is 0. The zero-order chi connectivity index (χ0) is 8.59. The molecule has 0 nitrogen and oxygen atoms in total. The Labute approximate surface area is 65.2 Å². The number of benzene rings is 1. The summed E-state index contributed by atoms with van der Waals surface area (Å²) in [5.41, 5.74) is 0. The van der Waals surface area contributed by atoms with Crippen molar-refractivity contribution in [2.75, 3.05) is 0 Å². The second-order valence-electron chi connectivity index (χ2n) is 1.80. The fourth-order valence-corrected chi connectivity index (χ4v) is 0.744. The van der Waals surface area contributed by atoms with Crippen LogP contribution in [0.15, 0.2) is 11.0 Å². The highest BCUT2D eigenvalue weighted by Crippen LogP contribution is 2.20. The van der Waals surface area contributed by atoms with Crippen LogP contribution in [-0.2, 0) is 0 Å². The molecule has 0 aromatic heterocycles. The van der Waals surface area contributed by atoms with E-state index in [1.165, 1.54) is 0 Å². The average Bonchev–Trinajstić information content (AvgIpc) is 1.97. The van der Waals surface area contributed by atoms with Gasteiger partial charge in [-0.05, 0) is 6.07 Å². The first kappa shape index (κ1) is 8.26. The van der Waals surface area contributed by atoms with Crippen molar-refractivity contribution in [3.05, 3.63) is 29.3 Å². The lowest BCUT2D eigenvalue weighted by Gasteiger charge is -1.97. The van der Waals surface area contributed by atoms with Crippen LogP contribution < -0.4 is 0 Å². The molecule has 1 rings (SSSR count). The summed E-state index contributed by atoms with van der Waals surface area (Å²) >= 11 is 4.17. The van der Waals surface area contributed by atoms with Crippen LogP contribution >= 0.6 is 12.6 Å². The predicted molar refractivity (Wildman–Crippen MR) is 32.1 cm³/mol. The van der Waals surface area contributed by atoms with Gasteiger partial charge in [0.1, 0.15) is 0 Å². The van der Waals surface area contributed by atoms with Crippen LogP contribution in [0.25, 0.3) is 0 Å². The van der Waals surface area contributed by atoms with Crippen LogP contribution in [0.3, 0.4) is 0 Å². The van der Waals surface area contributed by atoms with Gasteiger partial charge in [-0.25, -0.2) is 17.6 Å². The summed E-state index contributed by atoms with van der Waals surface area (Å²) in [7, 11) is 0. The summed E-state index contributed by atoms with van der Waals surface area (Å²) in [4.78, 5) is -0.665. The molecule has 1 aromatic carbocycles. The van der Waals surface area contributed by atoms with Gasteiger partial charge in [0, 0.05) is 0 Å². The molecule has 0 aliphatic rings. The molecule has 1 aromatic rings. The van der Waals surface area contributed by atoms with Gasteiger partial charge in [-0.2, -0.15) is 0 Å². The summed E-state index contributed by atoms with van der Waals surface area (Å²) < 4.78 is 48.8. The molecule has 0 heterocycles. The van der Waals surface area contributed by atoms with Gasteiger partial charge in [0.15, 0.2) is 23.3 Å². The van der Waals surface area contributed by atoms with E-state index < -0.39 is 28.2 Å². The Morgan fingerprint density at radius 2 is 1.45 bits per heavy atom. The highest BCUT2D eigenvalue weighted by atomic mass is 32.1. The van der Waals surface area contributed by atoms with Gasteiger partial charge in [0.2, 0.25) is 0 Å². The van der Waals surface area contributed by atoms with Crippen molar-refractivity contribution in [2.24, 2.45) is 0 Å². The van der Waals surface area contributed by atoms with Crippen molar-refractivity contribution < 1.29 is 17.6 Å². The Bertz CT molecular complexity index is 271. The molecule has 59 valence electrons.